The third-order valence-electron chi connectivity index (χ3n) is 12.2. The van der Waals surface area contributed by atoms with E-state index in [1.807, 2.05) is 18.2 Å². The van der Waals surface area contributed by atoms with Crippen molar-refractivity contribution < 1.29 is 52.9 Å². The van der Waals surface area contributed by atoms with Gasteiger partial charge in [-0.3, -0.25) is 48.2 Å². The summed E-state index contributed by atoms with van der Waals surface area (Å²) in [7, 11) is 0. The summed E-state index contributed by atoms with van der Waals surface area (Å²) in [6.07, 6.45) is 2.82. The number of rotatable bonds is 9. The zero-order chi connectivity index (χ0) is 46.7. The maximum atomic E-state index is 12.3. The SMILES string of the molecule is Clc1cccc(N2CCCC2)c1CN1CCNCC1.O=C(ON1C(=O)CCC1=O)N1CCN(Cc2c(Cl)cccc2N2CCCC2)CC1.O=C(ON1C(=O)CCC1=O)ON1C(=O)CCC1=O. The Hall–Kier alpha value is -5.54. The lowest BCUT2D eigenvalue weighted by Crippen LogP contribution is -2.50. The molecule has 0 unspecified atom stereocenters. The minimum atomic E-state index is -1.48. The third-order valence-corrected chi connectivity index (χ3v) is 12.9. The van der Waals surface area contributed by atoms with Gasteiger partial charge in [0.25, 0.3) is 35.4 Å². The minimum Gasteiger partial charge on any atom is -0.371 e. The Morgan fingerprint density at radius 2 is 0.848 bits per heavy atom. The van der Waals surface area contributed by atoms with E-state index in [1.165, 1.54) is 60.6 Å². The highest BCUT2D eigenvalue weighted by molar-refractivity contribution is 6.32. The number of nitrogens with one attached hydrogen (secondary N) is 1. The van der Waals surface area contributed by atoms with Crippen LogP contribution in [0.3, 0.4) is 0 Å². The third kappa shape index (κ3) is 12.3. The van der Waals surface area contributed by atoms with Crippen molar-refractivity contribution in [2.45, 2.75) is 77.3 Å². The summed E-state index contributed by atoms with van der Waals surface area (Å²) in [5.74, 6) is -3.66. The van der Waals surface area contributed by atoms with Crippen molar-refractivity contribution in [3.8, 4) is 0 Å². The van der Waals surface area contributed by atoms with Gasteiger partial charge in [-0.1, -0.05) is 45.5 Å². The number of anilines is 2. The highest BCUT2D eigenvalue weighted by atomic mass is 35.5. The van der Waals surface area contributed by atoms with Crippen LogP contribution in [0.1, 0.15) is 75.3 Å². The van der Waals surface area contributed by atoms with Crippen LogP contribution in [0.15, 0.2) is 36.4 Å². The van der Waals surface area contributed by atoms with Crippen molar-refractivity contribution in [1.29, 1.82) is 0 Å². The number of hydrogen-bond acceptors (Lipinski definition) is 16. The summed E-state index contributed by atoms with van der Waals surface area (Å²) < 4.78 is 0. The number of hydroxylamine groups is 6. The van der Waals surface area contributed by atoms with Crippen LogP contribution in [0.2, 0.25) is 10.0 Å². The minimum absolute atomic E-state index is 0.0618. The molecular weight excluding hydrogens is 901 g/mol. The van der Waals surface area contributed by atoms with E-state index in [-0.39, 0.29) is 48.7 Å². The lowest BCUT2D eigenvalue weighted by molar-refractivity contribution is -0.198. The molecule has 0 bridgehead atoms. The van der Waals surface area contributed by atoms with E-state index in [0.717, 1.165) is 68.0 Å². The second kappa shape index (κ2) is 22.8. The molecule has 356 valence electrons. The molecule has 20 nitrogen and oxygen atoms in total. The molecule has 7 aliphatic heterocycles. The molecule has 1 N–H and O–H groups in total. The molecule has 7 fully saturated rings. The Morgan fingerprint density at radius 3 is 1.24 bits per heavy atom. The molecule has 7 saturated heterocycles. The number of halogens is 2. The van der Waals surface area contributed by atoms with E-state index in [4.69, 9.17) is 28.0 Å². The van der Waals surface area contributed by atoms with Gasteiger partial charge in [0.1, 0.15) is 0 Å². The predicted molar refractivity (Wildman–Crippen MR) is 238 cm³/mol. The molecule has 2 aromatic rings. The van der Waals surface area contributed by atoms with Crippen LogP contribution in [0, 0.1) is 0 Å². The number of piperazine rings is 2. The number of benzene rings is 2. The Labute approximate surface area is 392 Å². The predicted octanol–water partition coefficient (Wildman–Crippen LogP) is 3.87. The first-order valence-electron chi connectivity index (χ1n) is 22.5. The Bertz CT molecular complexity index is 2070. The van der Waals surface area contributed by atoms with Gasteiger partial charge >= 0.3 is 12.2 Å². The van der Waals surface area contributed by atoms with Crippen LogP contribution in [0.25, 0.3) is 0 Å². The summed E-state index contributed by atoms with van der Waals surface area (Å²) in [6.45, 7) is 12.8. The Kier molecular flexibility index (Phi) is 16.7. The van der Waals surface area contributed by atoms with Gasteiger partial charge in [0.15, 0.2) is 0 Å². The van der Waals surface area contributed by atoms with Crippen molar-refractivity contribution >= 4 is 82.3 Å². The number of carbonyl (C=O) groups is 8. The average Bonchev–Trinajstić information content (AvgIpc) is 4.19. The number of carbonyl (C=O) groups excluding carboxylic acids is 8. The van der Waals surface area contributed by atoms with E-state index in [0.29, 0.717) is 31.2 Å². The van der Waals surface area contributed by atoms with E-state index in [1.54, 1.807) is 0 Å². The van der Waals surface area contributed by atoms with Crippen LogP contribution in [-0.2, 0) is 56.4 Å². The van der Waals surface area contributed by atoms with Gasteiger partial charge in [-0.2, -0.15) is 4.79 Å². The molecule has 0 radical (unpaired) electrons. The molecule has 7 amide bonds. The van der Waals surface area contributed by atoms with Gasteiger partial charge in [0.2, 0.25) is 0 Å². The number of nitrogens with zero attached hydrogens (tertiary/aromatic N) is 8. The average molecular weight is 957 g/mol. The highest BCUT2D eigenvalue weighted by Crippen LogP contribution is 2.33. The molecule has 0 saturated carbocycles. The maximum Gasteiger partial charge on any atom is 0.560 e. The van der Waals surface area contributed by atoms with Gasteiger partial charge in [-0.05, 0) is 49.9 Å². The molecule has 22 heteroatoms. The molecule has 0 atom stereocenters. The molecule has 66 heavy (non-hydrogen) atoms. The van der Waals surface area contributed by atoms with E-state index in [9.17, 15) is 38.4 Å². The zero-order valence-corrected chi connectivity index (χ0v) is 38.3. The lowest BCUT2D eigenvalue weighted by atomic mass is 10.1. The first-order valence-corrected chi connectivity index (χ1v) is 23.3. The maximum absolute atomic E-state index is 12.3. The monoisotopic (exact) mass is 955 g/mol. The van der Waals surface area contributed by atoms with E-state index < -0.39 is 47.7 Å². The van der Waals surface area contributed by atoms with Gasteiger partial charge in [-0.25, -0.2) is 4.79 Å². The lowest BCUT2D eigenvalue weighted by Gasteiger charge is -2.35. The second-order valence-electron chi connectivity index (χ2n) is 16.7. The standard InChI is InChI=1S/C20H25ClN4O4.C15H22ClN3.C9H8N2O7/c21-16-4-3-5-17(23-8-1-2-9-23)15(16)14-22-10-12-24(13-11-22)20(28)29-25-18(26)6-7-19(25)27;16-14-4-3-5-15(19-8-1-2-9-19)13(14)12-18-10-6-17-7-11-18;12-5-1-2-6(13)10(5)17-9(16)18-11-7(14)3-4-8(11)15/h3-5H,1-2,6-14H2;3-5,17H,1-2,6-12H2;1-4H2. The van der Waals surface area contributed by atoms with Crippen molar-refractivity contribution in [2.75, 3.05) is 88.3 Å². The summed E-state index contributed by atoms with van der Waals surface area (Å²) in [5, 5.41) is 6.20. The molecule has 0 spiro atoms. The van der Waals surface area contributed by atoms with Gasteiger partial charge in [0, 0.05) is 163 Å². The van der Waals surface area contributed by atoms with E-state index in [2.05, 4.69) is 52.8 Å². The number of hydrogen-bond donors (Lipinski definition) is 1. The summed E-state index contributed by atoms with van der Waals surface area (Å²) in [5.41, 5.74) is 4.99. The molecule has 9 rings (SSSR count). The van der Waals surface area contributed by atoms with Crippen LogP contribution < -0.4 is 15.1 Å². The fourth-order valence-corrected chi connectivity index (χ4v) is 9.05. The van der Waals surface area contributed by atoms with Crippen molar-refractivity contribution in [2.24, 2.45) is 0 Å². The summed E-state index contributed by atoms with van der Waals surface area (Å²) in [4.78, 5) is 116. The Morgan fingerprint density at radius 1 is 0.485 bits per heavy atom. The van der Waals surface area contributed by atoms with Crippen LogP contribution in [-0.4, -0.2) is 156 Å². The van der Waals surface area contributed by atoms with Gasteiger partial charge < -0.3 is 24.9 Å². The van der Waals surface area contributed by atoms with Crippen LogP contribution in [0.5, 0.6) is 0 Å². The molecule has 7 heterocycles. The first-order chi connectivity index (χ1) is 31.9. The molecule has 2 aromatic carbocycles. The Balaban J connectivity index is 0.000000154. The fraction of sp³-hybridized carbons (Fsp3) is 0.545. The molecular formula is C44H55Cl2N9O11. The second-order valence-corrected chi connectivity index (χ2v) is 17.5. The van der Waals surface area contributed by atoms with Crippen molar-refractivity contribution in [3.63, 3.8) is 0 Å². The molecule has 0 aromatic heterocycles. The first kappa shape index (κ1) is 48.4. The normalized spacial score (nSPS) is 20.5. The highest BCUT2D eigenvalue weighted by Gasteiger charge is 2.38. The molecule has 7 aliphatic rings. The van der Waals surface area contributed by atoms with Crippen LogP contribution >= 0.6 is 23.2 Å². The van der Waals surface area contributed by atoms with Gasteiger partial charge in [-0.15, -0.1) is 5.06 Å². The number of amides is 7. The molecule has 0 aliphatic carbocycles. The van der Waals surface area contributed by atoms with Crippen molar-refractivity contribution in [3.05, 3.63) is 57.6 Å². The fourth-order valence-electron chi connectivity index (χ4n) is 8.60. The van der Waals surface area contributed by atoms with Crippen molar-refractivity contribution in [1.82, 2.24) is 35.2 Å². The largest absolute Gasteiger partial charge is 0.560 e. The van der Waals surface area contributed by atoms with E-state index >= 15 is 0 Å². The van der Waals surface area contributed by atoms with Crippen LogP contribution in [0.4, 0.5) is 21.0 Å². The quantitative estimate of drug-likeness (QED) is 0.355. The topological polar surface area (TPSA) is 202 Å². The zero-order valence-electron chi connectivity index (χ0n) is 36.8. The number of imide groups is 3. The smallest absolute Gasteiger partial charge is 0.371 e. The summed E-state index contributed by atoms with van der Waals surface area (Å²) in [6, 6.07) is 12.4. The summed E-state index contributed by atoms with van der Waals surface area (Å²) >= 11 is 13.0. The van der Waals surface area contributed by atoms with Gasteiger partial charge in [0.05, 0.1) is 0 Å².